The fourth-order valence-electron chi connectivity index (χ4n) is 1.26. The van der Waals surface area contributed by atoms with Gasteiger partial charge in [-0.25, -0.2) is 0 Å². The molecule has 0 atom stereocenters. The lowest BCUT2D eigenvalue weighted by Gasteiger charge is -2.04. The minimum absolute atomic E-state index is 0.273. The zero-order chi connectivity index (χ0) is 10.8. The van der Waals surface area contributed by atoms with Crippen LogP contribution in [0.5, 0.6) is 0 Å². The predicted molar refractivity (Wildman–Crippen MR) is 53.3 cm³/mol. The van der Waals surface area contributed by atoms with Crippen LogP contribution in [0.3, 0.4) is 0 Å². The van der Waals surface area contributed by atoms with E-state index in [9.17, 15) is 12.3 Å². The first-order chi connectivity index (χ1) is 6.39. The Bertz CT molecular complexity index is 393. The van der Waals surface area contributed by atoms with Crippen molar-refractivity contribution < 1.29 is 12.3 Å². The second kappa shape index (κ2) is 4.09. The second-order valence-corrected chi connectivity index (χ2v) is 5.03. The molecule has 1 aromatic rings. The highest BCUT2D eigenvalue weighted by Gasteiger charge is 2.10. The van der Waals surface area contributed by atoms with Gasteiger partial charge in [0, 0.05) is 0 Å². The minimum atomic E-state index is -4.55. The third-order valence-corrected chi connectivity index (χ3v) is 2.68. The Morgan fingerprint density at radius 3 is 2.07 bits per heavy atom. The Hall–Kier alpha value is -0.900. The molecule has 0 heterocycles. The fraction of sp³-hybridized carbons (Fsp3) is 0.400. The van der Waals surface area contributed by atoms with Crippen LogP contribution < -0.4 is 0 Å². The average Bonchev–Trinajstić information content (AvgIpc) is 2.02. The van der Waals surface area contributed by atoms with Crippen molar-refractivity contribution in [2.45, 2.75) is 25.2 Å². The molecule has 0 saturated carbocycles. The zero-order valence-corrected chi connectivity index (χ0v) is 9.01. The predicted octanol–water partition coefficient (Wildman–Crippen LogP) is 2.54. The number of hydrogen-bond acceptors (Lipinski definition) is 2. The number of hydrogen-bond donors (Lipinski definition) is 0. The SMILES string of the molecule is CC(C)Cc1ccc(S(=O)(=O)F)cc1. The van der Waals surface area contributed by atoms with Crippen molar-refractivity contribution in [3.63, 3.8) is 0 Å². The van der Waals surface area contributed by atoms with E-state index in [1.807, 2.05) is 0 Å². The third-order valence-electron chi connectivity index (χ3n) is 1.85. The summed E-state index contributed by atoms with van der Waals surface area (Å²) < 4.78 is 33.5. The molecule has 0 fully saturated rings. The van der Waals surface area contributed by atoms with E-state index in [0.717, 1.165) is 12.0 Å². The molecule has 78 valence electrons. The molecule has 1 aromatic carbocycles. The van der Waals surface area contributed by atoms with Gasteiger partial charge >= 0.3 is 10.2 Å². The Morgan fingerprint density at radius 2 is 1.71 bits per heavy atom. The Balaban J connectivity index is 2.90. The molecule has 1 rings (SSSR count). The molecule has 2 nitrogen and oxygen atoms in total. The van der Waals surface area contributed by atoms with Crippen molar-refractivity contribution in [3.8, 4) is 0 Å². The summed E-state index contributed by atoms with van der Waals surface area (Å²) in [7, 11) is -4.55. The lowest BCUT2D eigenvalue weighted by Crippen LogP contribution is -1.96. The van der Waals surface area contributed by atoms with E-state index in [-0.39, 0.29) is 4.90 Å². The van der Waals surface area contributed by atoms with E-state index in [0.29, 0.717) is 5.92 Å². The molecule has 0 amide bonds. The molecule has 0 aliphatic carbocycles. The monoisotopic (exact) mass is 216 g/mol. The van der Waals surface area contributed by atoms with E-state index in [4.69, 9.17) is 0 Å². The first kappa shape index (κ1) is 11.2. The van der Waals surface area contributed by atoms with Crippen LogP contribution in [-0.4, -0.2) is 8.42 Å². The van der Waals surface area contributed by atoms with Gasteiger partial charge in [-0.3, -0.25) is 0 Å². The quantitative estimate of drug-likeness (QED) is 0.728. The molecule has 0 aromatic heterocycles. The van der Waals surface area contributed by atoms with Crippen LogP contribution in [0, 0.1) is 5.92 Å². The highest BCUT2D eigenvalue weighted by atomic mass is 32.3. The van der Waals surface area contributed by atoms with Crippen molar-refractivity contribution >= 4 is 10.2 Å². The molecule has 0 N–H and O–H groups in total. The van der Waals surface area contributed by atoms with Crippen molar-refractivity contribution in [1.29, 1.82) is 0 Å². The summed E-state index contributed by atoms with van der Waals surface area (Å²) in [6.45, 7) is 4.14. The smallest absolute Gasteiger partial charge is 0.189 e. The van der Waals surface area contributed by atoms with E-state index < -0.39 is 10.2 Å². The van der Waals surface area contributed by atoms with Crippen LogP contribution in [0.4, 0.5) is 3.89 Å². The highest BCUT2D eigenvalue weighted by Crippen LogP contribution is 2.15. The van der Waals surface area contributed by atoms with Gasteiger partial charge in [0.15, 0.2) is 0 Å². The maximum Gasteiger partial charge on any atom is 0.332 e. The maximum atomic E-state index is 12.5. The fourth-order valence-corrected chi connectivity index (χ4v) is 1.72. The van der Waals surface area contributed by atoms with Gasteiger partial charge in [-0.1, -0.05) is 26.0 Å². The lowest BCUT2D eigenvalue weighted by atomic mass is 10.0. The van der Waals surface area contributed by atoms with Crippen LogP contribution in [0.2, 0.25) is 0 Å². The first-order valence-corrected chi connectivity index (χ1v) is 5.81. The molecule has 4 heteroatoms. The Morgan fingerprint density at radius 1 is 1.21 bits per heavy atom. The lowest BCUT2D eigenvalue weighted by molar-refractivity contribution is 0.552. The third kappa shape index (κ3) is 3.10. The molecule has 0 bridgehead atoms. The van der Waals surface area contributed by atoms with Crippen molar-refractivity contribution in [1.82, 2.24) is 0 Å². The van der Waals surface area contributed by atoms with E-state index >= 15 is 0 Å². The van der Waals surface area contributed by atoms with Gasteiger partial charge in [-0.2, -0.15) is 8.42 Å². The summed E-state index contributed by atoms with van der Waals surface area (Å²) in [4.78, 5) is -0.273. The number of benzene rings is 1. The van der Waals surface area contributed by atoms with Crippen LogP contribution in [0.15, 0.2) is 29.2 Å². The number of rotatable bonds is 3. The van der Waals surface area contributed by atoms with Gasteiger partial charge in [-0.05, 0) is 30.0 Å². The molecule has 14 heavy (non-hydrogen) atoms. The largest absolute Gasteiger partial charge is 0.332 e. The van der Waals surface area contributed by atoms with Gasteiger partial charge in [-0.15, -0.1) is 3.89 Å². The molecule has 0 saturated heterocycles. The summed E-state index contributed by atoms with van der Waals surface area (Å²) >= 11 is 0. The highest BCUT2D eigenvalue weighted by molar-refractivity contribution is 7.86. The van der Waals surface area contributed by atoms with Crippen LogP contribution in [-0.2, 0) is 16.6 Å². The Labute approximate surface area is 84.0 Å². The summed E-state index contributed by atoms with van der Waals surface area (Å²) in [6, 6.07) is 5.89. The molecular weight excluding hydrogens is 203 g/mol. The van der Waals surface area contributed by atoms with Crippen LogP contribution in [0.25, 0.3) is 0 Å². The summed E-state index contributed by atoms with van der Waals surface area (Å²) in [5.41, 5.74) is 1.02. The van der Waals surface area contributed by atoms with Gasteiger partial charge < -0.3 is 0 Å². The standard InChI is InChI=1S/C10H13FO2S/c1-8(2)7-9-3-5-10(6-4-9)14(11,12)13/h3-6,8H,7H2,1-2H3. The van der Waals surface area contributed by atoms with Gasteiger partial charge in [0.25, 0.3) is 0 Å². The van der Waals surface area contributed by atoms with Crippen molar-refractivity contribution in [3.05, 3.63) is 29.8 Å². The van der Waals surface area contributed by atoms with Crippen LogP contribution in [0.1, 0.15) is 19.4 Å². The number of halogens is 1. The first-order valence-electron chi connectivity index (χ1n) is 4.43. The summed E-state index contributed by atoms with van der Waals surface area (Å²) in [5.74, 6) is 0.503. The van der Waals surface area contributed by atoms with E-state index in [2.05, 4.69) is 13.8 Å². The van der Waals surface area contributed by atoms with Gasteiger partial charge in [0.05, 0.1) is 4.90 Å². The summed E-state index contributed by atoms with van der Waals surface area (Å²) in [5, 5.41) is 0. The molecule has 0 spiro atoms. The molecule has 0 radical (unpaired) electrons. The zero-order valence-electron chi connectivity index (χ0n) is 8.20. The van der Waals surface area contributed by atoms with E-state index in [1.54, 1.807) is 12.1 Å². The van der Waals surface area contributed by atoms with Crippen molar-refractivity contribution in [2.24, 2.45) is 5.92 Å². The van der Waals surface area contributed by atoms with Gasteiger partial charge in [0.2, 0.25) is 0 Å². The Kier molecular flexibility index (Phi) is 3.26. The topological polar surface area (TPSA) is 34.1 Å². The summed E-state index contributed by atoms with van der Waals surface area (Å²) in [6.07, 6.45) is 0.868. The molecule has 0 aliphatic heterocycles. The molecule has 0 unspecified atom stereocenters. The normalized spacial score (nSPS) is 12.0. The van der Waals surface area contributed by atoms with Crippen LogP contribution >= 0.6 is 0 Å². The maximum absolute atomic E-state index is 12.5. The minimum Gasteiger partial charge on any atom is -0.189 e. The molecule has 0 aliphatic rings. The van der Waals surface area contributed by atoms with E-state index in [1.165, 1.54) is 12.1 Å². The average molecular weight is 216 g/mol. The molecular formula is C10H13FO2S. The van der Waals surface area contributed by atoms with Crippen molar-refractivity contribution in [2.75, 3.05) is 0 Å². The van der Waals surface area contributed by atoms with Gasteiger partial charge in [0.1, 0.15) is 0 Å². The second-order valence-electron chi connectivity index (χ2n) is 3.68.